The van der Waals surface area contributed by atoms with Crippen LogP contribution < -0.4 is 5.32 Å². The van der Waals surface area contributed by atoms with Crippen molar-refractivity contribution >= 4 is 38.5 Å². The number of amidine groups is 1. The van der Waals surface area contributed by atoms with Crippen LogP contribution in [-0.4, -0.2) is 11.4 Å². The minimum atomic E-state index is 0.596. The maximum Gasteiger partial charge on any atom is 0.183 e. The molecule has 1 N–H and O–H groups in total. The van der Waals surface area contributed by atoms with Gasteiger partial charge in [0, 0.05) is 4.47 Å². The molecule has 0 saturated carbocycles. The Balaban J connectivity index is 2.97. The van der Waals surface area contributed by atoms with Gasteiger partial charge in [-0.15, -0.1) is 0 Å². The summed E-state index contributed by atoms with van der Waals surface area (Å²) in [5.74, 6) is 0. The zero-order chi connectivity index (χ0) is 12.0. The monoisotopic (exact) mass is 297 g/mol. The number of nitrogens with zero attached hydrogens (tertiary/aromatic N) is 2. The second-order valence-electron chi connectivity index (χ2n) is 2.99. The fourth-order valence-corrected chi connectivity index (χ4v) is 2.17. The summed E-state index contributed by atoms with van der Waals surface area (Å²) in [6.07, 6.45) is 4.72. The molecule has 16 heavy (non-hydrogen) atoms. The average Bonchev–Trinajstić information content (AvgIpc) is 2.28. The van der Waals surface area contributed by atoms with Crippen LogP contribution in [0.3, 0.4) is 0 Å². The summed E-state index contributed by atoms with van der Waals surface area (Å²) >= 11 is 4.90. The van der Waals surface area contributed by atoms with Crippen LogP contribution in [0.1, 0.15) is 12.5 Å². The van der Waals surface area contributed by atoms with Gasteiger partial charge in [0.1, 0.15) is 0 Å². The molecule has 1 aromatic carbocycles. The number of nitrogens with one attached hydrogen (secondary N) is 1. The second kappa shape index (κ2) is 6.56. The van der Waals surface area contributed by atoms with Crippen molar-refractivity contribution in [3.05, 3.63) is 28.2 Å². The molecule has 3 nitrogen and oxygen atoms in total. The van der Waals surface area contributed by atoms with Crippen molar-refractivity contribution < 1.29 is 0 Å². The summed E-state index contributed by atoms with van der Waals surface area (Å²) in [7, 11) is 0. The van der Waals surface area contributed by atoms with Crippen LogP contribution >= 0.6 is 27.7 Å². The number of aryl methyl sites for hydroxylation is 1. The highest BCUT2D eigenvalue weighted by atomic mass is 79.9. The minimum absolute atomic E-state index is 0.596. The molecule has 0 fully saturated rings. The summed E-state index contributed by atoms with van der Waals surface area (Å²) in [4.78, 5) is 4.32. The topological polar surface area (TPSA) is 48.2 Å². The van der Waals surface area contributed by atoms with E-state index in [0.717, 1.165) is 16.6 Å². The lowest BCUT2D eigenvalue weighted by molar-refractivity contribution is 1.13. The molecule has 1 rings (SSSR count). The predicted molar refractivity (Wildman–Crippen MR) is 72.9 cm³/mol. The molecule has 0 radical (unpaired) electrons. The summed E-state index contributed by atoms with van der Waals surface area (Å²) in [5, 5.41) is 11.6. The number of rotatable bonds is 2. The highest BCUT2D eigenvalue weighted by molar-refractivity contribution is 9.10. The van der Waals surface area contributed by atoms with E-state index in [1.54, 1.807) is 0 Å². The molecule has 0 aromatic heterocycles. The van der Waals surface area contributed by atoms with Gasteiger partial charge in [-0.25, -0.2) is 4.99 Å². The van der Waals surface area contributed by atoms with Crippen LogP contribution in [0.15, 0.2) is 27.7 Å². The maximum atomic E-state index is 8.52. The van der Waals surface area contributed by atoms with Gasteiger partial charge in [0.05, 0.1) is 5.69 Å². The Kier molecular flexibility index (Phi) is 5.36. The summed E-state index contributed by atoms with van der Waals surface area (Å²) < 4.78 is 1.05. The molecular weight excluding hydrogens is 286 g/mol. The van der Waals surface area contributed by atoms with Crippen LogP contribution in [0.2, 0.25) is 0 Å². The van der Waals surface area contributed by atoms with E-state index in [1.807, 2.05) is 30.6 Å². The van der Waals surface area contributed by atoms with Crippen LogP contribution in [0, 0.1) is 11.5 Å². The van der Waals surface area contributed by atoms with Gasteiger partial charge in [-0.3, -0.25) is 5.32 Å². The zero-order valence-corrected chi connectivity index (χ0v) is 11.5. The van der Waals surface area contributed by atoms with Crippen LogP contribution in [-0.2, 0) is 6.42 Å². The van der Waals surface area contributed by atoms with Gasteiger partial charge in [-0.2, -0.15) is 5.26 Å². The largest absolute Gasteiger partial charge is 0.271 e. The molecule has 0 saturated heterocycles. The molecule has 0 aliphatic heterocycles. The SMILES string of the molecule is CCc1ccc(N=C(NC#N)SC)cc1Br. The standard InChI is InChI=1S/C11H12BrN3S/c1-3-8-4-5-9(6-10(8)12)15-11(16-2)14-7-13/h4-6H,3H2,1-2H3,(H,14,15). The average molecular weight is 298 g/mol. The molecule has 0 unspecified atom stereocenters. The molecule has 0 amide bonds. The van der Waals surface area contributed by atoms with Gasteiger partial charge in [-0.1, -0.05) is 40.7 Å². The molecule has 0 atom stereocenters. The quantitative estimate of drug-likeness (QED) is 0.394. The van der Waals surface area contributed by atoms with Crippen LogP contribution in [0.25, 0.3) is 0 Å². The lowest BCUT2D eigenvalue weighted by Crippen LogP contribution is -2.12. The maximum absolute atomic E-state index is 8.52. The van der Waals surface area contributed by atoms with Crippen molar-refractivity contribution in [1.82, 2.24) is 5.32 Å². The van der Waals surface area contributed by atoms with Gasteiger partial charge in [0.25, 0.3) is 0 Å². The molecule has 0 bridgehead atoms. The van der Waals surface area contributed by atoms with Crippen molar-refractivity contribution in [2.45, 2.75) is 13.3 Å². The van der Waals surface area contributed by atoms with Gasteiger partial charge >= 0.3 is 0 Å². The predicted octanol–water partition coefficient (Wildman–Crippen LogP) is 3.43. The number of nitriles is 1. The zero-order valence-electron chi connectivity index (χ0n) is 9.12. The van der Waals surface area contributed by atoms with Gasteiger partial charge in [-0.05, 0) is 30.4 Å². The molecule has 84 valence electrons. The van der Waals surface area contributed by atoms with Crippen molar-refractivity contribution in [3.63, 3.8) is 0 Å². The van der Waals surface area contributed by atoms with Crippen LogP contribution in [0.4, 0.5) is 5.69 Å². The number of benzene rings is 1. The highest BCUT2D eigenvalue weighted by Gasteiger charge is 2.00. The Labute approximate surface area is 108 Å². The molecule has 0 aliphatic rings. The third-order valence-corrected chi connectivity index (χ3v) is 3.32. The number of thioether (sulfide) groups is 1. The number of aliphatic imine (C=N–C) groups is 1. The van der Waals surface area contributed by atoms with Crippen molar-refractivity contribution in [2.24, 2.45) is 4.99 Å². The van der Waals surface area contributed by atoms with E-state index in [-0.39, 0.29) is 0 Å². The normalized spacial score (nSPS) is 11.0. The molecule has 5 heteroatoms. The highest BCUT2D eigenvalue weighted by Crippen LogP contribution is 2.24. The van der Waals surface area contributed by atoms with E-state index in [2.05, 4.69) is 33.2 Å². The third kappa shape index (κ3) is 3.54. The second-order valence-corrected chi connectivity index (χ2v) is 4.64. The molecule has 1 aromatic rings. The van der Waals surface area contributed by atoms with Crippen molar-refractivity contribution in [1.29, 1.82) is 5.26 Å². The Hall–Kier alpha value is -0.990. The van der Waals surface area contributed by atoms with Crippen molar-refractivity contribution in [2.75, 3.05) is 6.26 Å². The van der Waals surface area contributed by atoms with E-state index >= 15 is 0 Å². The molecular formula is C11H12BrN3S. The number of halogens is 1. The van der Waals surface area contributed by atoms with E-state index in [1.165, 1.54) is 17.3 Å². The molecule has 0 aliphatic carbocycles. The molecule has 0 heterocycles. The fraction of sp³-hybridized carbons (Fsp3) is 0.273. The summed E-state index contributed by atoms with van der Waals surface area (Å²) in [6.45, 7) is 2.10. The first-order chi connectivity index (χ1) is 7.71. The smallest absolute Gasteiger partial charge is 0.183 e. The van der Waals surface area contributed by atoms with Crippen LogP contribution in [0.5, 0.6) is 0 Å². The van der Waals surface area contributed by atoms with E-state index in [0.29, 0.717) is 5.17 Å². The Bertz CT molecular complexity index is 437. The van der Waals surface area contributed by atoms with E-state index in [4.69, 9.17) is 5.26 Å². The fourth-order valence-electron chi connectivity index (χ4n) is 1.18. The molecule has 0 spiro atoms. The van der Waals surface area contributed by atoms with E-state index in [9.17, 15) is 0 Å². The summed E-state index contributed by atoms with van der Waals surface area (Å²) in [6, 6.07) is 5.93. The lowest BCUT2D eigenvalue weighted by Gasteiger charge is -2.03. The van der Waals surface area contributed by atoms with E-state index < -0.39 is 0 Å². The number of hydrogen-bond donors (Lipinski definition) is 1. The summed E-state index contributed by atoms with van der Waals surface area (Å²) in [5.41, 5.74) is 2.08. The Morgan fingerprint density at radius 2 is 2.38 bits per heavy atom. The third-order valence-electron chi connectivity index (χ3n) is 2.00. The van der Waals surface area contributed by atoms with Gasteiger partial charge in [0.15, 0.2) is 11.4 Å². The number of hydrogen-bond acceptors (Lipinski definition) is 3. The minimum Gasteiger partial charge on any atom is -0.271 e. The Morgan fingerprint density at radius 3 is 2.88 bits per heavy atom. The Morgan fingerprint density at radius 1 is 1.62 bits per heavy atom. The van der Waals surface area contributed by atoms with Gasteiger partial charge in [0.2, 0.25) is 0 Å². The first kappa shape index (κ1) is 13.1. The van der Waals surface area contributed by atoms with Gasteiger partial charge < -0.3 is 0 Å². The lowest BCUT2D eigenvalue weighted by atomic mass is 10.1. The first-order valence-electron chi connectivity index (χ1n) is 4.77. The first-order valence-corrected chi connectivity index (χ1v) is 6.79. The van der Waals surface area contributed by atoms with Crippen molar-refractivity contribution in [3.8, 4) is 6.19 Å².